The van der Waals surface area contributed by atoms with Crippen LogP contribution in [0.25, 0.3) is 0 Å². The number of aromatic hydroxyl groups is 1. The van der Waals surface area contributed by atoms with Crippen molar-refractivity contribution < 1.29 is 23.1 Å². The number of rotatable bonds is 6. The molecule has 2 N–H and O–H groups in total. The number of phenols is 1. The second kappa shape index (κ2) is 7.97. The maximum atomic E-state index is 12.6. The minimum atomic E-state index is -4.44. The van der Waals surface area contributed by atoms with Gasteiger partial charge in [-0.25, -0.2) is 0 Å². The molecule has 0 aliphatic heterocycles. The molecule has 0 aromatic heterocycles. The average Bonchev–Trinajstić information content (AvgIpc) is 2.59. The number of phenolic OH excluding ortho intramolecular Hbond substituents is 1. The van der Waals surface area contributed by atoms with Crippen molar-refractivity contribution in [1.29, 1.82) is 0 Å². The van der Waals surface area contributed by atoms with Crippen LogP contribution in [0.1, 0.15) is 23.7 Å². The molecule has 0 saturated carbocycles. The first-order valence-corrected chi connectivity index (χ1v) is 8.97. The van der Waals surface area contributed by atoms with Crippen molar-refractivity contribution in [3.05, 3.63) is 44.2 Å². The van der Waals surface area contributed by atoms with Gasteiger partial charge in [-0.05, 0) is 19.1 Å². The van der Waals surface area contributed by atoms with E-state index in [1.807, 2.05) is 0 Å². The largest absolute Gasteiger partial charge is 0.505 e. The highest BCUT2D eigenvalue weighted by atomic mass is 127. The third-order valence-electron chi connectivity index (χ3n) is 3.94. The van der Waals surface area contributed by atoms with Gasteiger partial charge in [0.1, 0.15) is 11.4 Å². The number of nitrogens with zero attached hydrogens (tertiary/aromatic N) is 2. The maximum Gasteiger partial charge on any atom is 0.391 e. The lowest BCUT2D eigenvalue weighted by Gasteiger charge is -2.28. The Morgan fingerprint density at radius 2 is 1.86 bits per heavy atom. The van der Waals surface area contributed by atoms with E-state index in [0.717, 1.165) is 3.11 Å². The van der Waals surface area contributed by atoms with Gasteiger partial charge in [0.2, 0.25) is 0 Å². The number of hydrogen-bond acceptors (Lipinski definition) is 6. The molecule has 1 unspecified atom stereocenters. The molecular weight excluding hydrogens is 494 g/mol. The van der Waals surface area contributed by atoms with E-state index >= 15 is 0 Å². The second-order valence-electron chi connectivity index (χ2n) is 6.39. The van der Waals surface area contributed by atoms with E-state index in [-0.39, 0.29) is 22.6 Å². The topological polar surface area (TPSA) is 89.9 Å². The van der Waals surface area contributed by atoms with Gasteiger partial charge in [-0.2, -0.15) is 13.2 Å². The zero-order valence-corrected chi connectivity index (χ0v) is 17.3. The summed E-state index contributed by atoms with van der Waals surface area (Å²) in [7, 11) is 2.99. The van der Waals surface area contributed by atoms with E-state index < -0.39 is 41.2 Å². The van der Waals surface area contributed by atoms with Gasteiger partial charge in [-0.3, -0.25) is 14.4 Å². The van der Waals surface area contributed by atoms with Crippen LogP contribution in [0.5, 0.6) is 5.75 Å². The predicted molar refractivity (Wildman–Crippen MR) is 107 cm³/mol. The van der Waals surface area contributed by atoms with Crippen LogP contribution < -0.4 is 19.3 Å². The van der Waals surface area contributed by atoms with Crippen molar-refractivity contribution >= 4 is 45.8 Å². The second-order valence-corrected chi connectivity index (χ2v) is 7.43. The molecule has 0 fully saturated rings. The minimum Gasteiger partial charge on any atom is -0.505 e. The number of carbonyl (C=O) groups is 1. The fourth-order valence-corrected chi connectivity index (χ4v) is 3.18. The molecule has 2 aromatic carbocycles. The Bertz CT molecular complexity index is 968. The lowest BCUT2D eigenvalue weighted by atomic mass is 10.1. The Labute approximate surface area is 171 Å². The summed E-state index contributed by atoms with van der Waals surface area (Å²) in [5.74, 6) is -0.927. The highest BCUT2D eigenvalue weighted by Gasteiger charge is 2.35. The van der Waals surface area contributed by atoms with Crippen LogP contribution in [-0.4, -0.2) is 42.2 Å². The summed E-state index contributed by atoms with van der Waals surface area (Å²) in [5.41, 5.74) is -2.35. The van der Waals surface area contributed by atoms with Gasteiger partial charge in [0.15, 0.2) is 5.75 Å². The molecule has 0 aliphatic rings. The zero-order valence-electron chi connectivity index (χ0n) is 15.1. The number of nitrogens with one attached hydrogen (secondary N) is 1. The third-order valence-corrected chi connectivity index (χ3v) is 5.38. The molecule has 0 saturated heterocycles. The molecule has 1 amide bonds. The van der Waals surface area contributed by atoms with E-state index in [9.17, 15) is 32.7 Å². The summed E-state index contributed by atoms with van der Waals surface area (Å²) >= 11 is 1.54. The van der Waals surface area contributed by atoms with Gasteiger partial charge in [0.25, 0.3) is 16.8 Å². The smallest absolute Gasteiger partial charge is 0.391 e. The SMILES string of the molecule is CC(CC(F)(F)F)N(I)c1c(Nc2cccc(C(=O)N(C)C)c2O)c(=O)c1=O. The lowest BCUT2D eigenvalue weighted by Crippen LogP contribution is -2.42. The van der Waals surface area contributed by atoms with Crippen molar-refractivity contribution in [2.45, 2.75) is 25.6 Å². The molecule has 0 aliphatic carbocycles. The first-order valence-electron chi connectivity index (χ1n) is 8.00. The molecule has 0 radical (unpaired) electrons. The van der Waals surface area contributed by atoms with E-state index in [0.29, 0.717) is 0 Å². The summed E-state index contributed by atoms with van der Waals surface area (Å²) in [6, 6.07) is 3.11. The first-order chi connectivity index (χ1) is 12.8. The number of carbonyl (C=O) groups excluding carboxylic acids is 1. The molecular formula is C17H17F3IN3O4. The number of para-hydroxylation sites is 1. The highest BCUT2D eigenvalue weighted by Crippen LogP contribution is 2.35. The number of halogens is 4. The summed E-state index contributed by atoms with van der Waals surface area (Å²) in [6.07, 6.45) is -5.61. The standard InChI is InChI=1S/C17H17F3IN3O4/c1-8(7-17(18,19)20)24(21)12-11(14(26)15(12)27)22-10-6-4-5-9(13(10)25)16(28)23(2)3/h4-6,8,22,25H,7H2,1-3H3. The summed E-state index contributed by atoms with van der Waals surface area (Å²) < 4.78 is 38.9. The van der Waals surface area contributed by atoms with Crippen LogP contribution in [0.4, 0.5) is 30.2 Å². The van der Waals surface area contributed by atoms with Gasteiger partial charge in [0.05, 0.1) is 40.5 Å². The molecule has 152 valence electrons. The fraction of sp³-hybridized carbons (Fsp3) is 0.353. The van der Waals surface area contributed by atoms with E-state index in [1.165, 1.54) is 44.1 Å². The maximum absolute atomic E-state index is 12.6. The number of amides is 1. The fourth-order valence-electron chi connectivity index (χ4n) is 2.53. The van der Waals surface area contributed by atoms with Crippen LogP contribution >= 0.6 is 22.9 Å². The number of alkyl halides is 3. The van der Waals surface area contributed by atoms with Crippen molar-refractivity contribution in [3.63, 3.8) is 0 Å². The molecule has 0 spiro atoms. The Hall–Kier alpha value is -2.31. The normalized spacial score (nSPS) is 12.7. The van der Waals surface area contributed by atoms with Gasteiger partial charge in [0, 0.05) is 20.1 Å². The molecule has 1 atom stereocenters. The van der Waals surface area contributed by atoms with E-state index in [2.05, 4.69) is 5.32 Å². The van der Waals surface area contributed by atoms with Crippen molar-refractivity contribution in [2.24, 2.45) is 0 Å². The highest BCUT2D eigenvalue weighted by molar-refractivity contribution is 14.1. The molecule has 7 nitrogen and oxygen atoms in total. The molecule has 11 heteroatoms. The van der Waals surface area contributed by atoms with Crippen molar-refractivity contribution in [2.75, 3.05) is 22.5 Å². The predicted octanol–water partition coefficient (Wildman–Crippen LogP) is 2.93. The van der Waals surface area contributed by atoms with E-state index in [4.69, 9.17) is 0 Å². The van der Waals surface area contributed by atoms with Gasteiger partial charge < -0.3 is 18.4 Å². The summed E-state index contributed by atoms with van der Waals surface area (Å²) in [6.45, 7) is 1.27. The number of anilines is 3. The molecule has 0 bridgehead atoms. The number of hydrogen-bond donors (Lipinski definition) is 2. The Kier molecular flexibility index (Phi) is 6.26. The van der Waals surface area contributed by atoms with Crippen molar-refractivity contribution in [3.8, 4) is 5.75 Å². The van der Waals surface area contributed by atoms with Crippen molar-refractivity contribution in [1.82, 2.24) is 4.90 Å². The third kappa shape index (κ3) is 4.39. The Balaban J connectivity index is 2.36. The van der Waals surface area contributed by atoms with Gasteiger partial charge >= 0.3 is 6.18 Å². The lowest BCUT2D eigenvalue weighted by molar-refractivity contribution is -0.136. The van der Waals surface area contributed by atoms with Crippen LogP contribution in [0.2, 0.25) is 0 Å². The molecule has 2 rings (SSSR count). The number of benzene rings is 1. The van der Waals surface area contributed by atoms with Crippen LogP contribution in [0, 0.1) is 0 Å². The van der Waals surface area contributed by atoms with Crippen LogP contribution in [-0.2, 0) is 0 Å². The molecule has 0 heterocycles. The summed E-state index contributed by atoms with van der Waals surface area (Å²) in [5, 5.41) is 12.9. The average molecular weight is 511 g/mol. The van der Waals surface area contributed by atoms with Crippen LogP contribution in [0.15, 0.2) is 27.8 Å². The minimum absolute atomic E-state index is 0.0191. The van der Waals surface area contributed by atoms with Gasteiger partial charge in [-0.1, -0.05) is 6.07 Å². The quantitative estimate of drug-likeness (QED) is 0.269. The Morgan fingerprint density at radius 3 is 2.39 bits per heavy atom. The Morgan fingerprint density at radius 1 is 1.25 bits per heavy atom. The monoisotopic (exact) mass is 511 g/mol. The first kappa shape index (κ1) is 22.0. The molecule has 28 heavy (non-hydrogen) atoms. The van der Waals surface area contributed by atoms with Crippen LogP contribution in [0.3, 0.4) is 0 Å². The zero-order chi connectivity index (χ0) is 21.4. The van der Waals surface area contributed by atoms with Gasteiger partial charge in [-0.15, -0.1) is 0 Å². The summed E-state index contributed by atoms with van der Waals surface area (Å²) in [4.78, 5) is 37.2. The molecule has 2 aromatic rings. The van der Waals surface area contributed by atoms with E-state index in [1.54, 1.807) is 22.9 Å².